The third kappa shape index (κ3) is 4.41. The van der Waals surface area contributed by atoms with E-state index in [1.165, 1.54) is 18.2 Å². The molecule has 1 saturated heterocycles. The van der Waals surface area contributed by atoms with Crippen molar-refractivity contribution in [2.24, 2.45) is 0 Å². The number of nitrogens with zero attached hydrogens (tertiary/aromatic N) is 1. The fourth-order valence-corrected chi connectivity index (χ4v) is 3.26. The predicted octanol–water partition coefficient (Wildman–Crippen LogP) is 4.38. The molecule has 6 nitrogen and oxygen atoms in total. The van der Waals surface area contributed by atoms with Gasteiger partial charge < -0.3 is 4.74 Å². The first-order valence-corrected chi connectivity index (χ1v) is 9.87. The zero-order chi connectivity index (χ0) is 22.7. The number of hydrogen-bond donors (Lipinski definition) is 1. The van der Waals surface area contributed by atoms with Gasteiger partial charge in [-0.25, -0.2) is 14.1 Å². The first-order valence-electron chi connectivity index (χ1n) is 9.87. The molecule has 1 fully saturated rings. The second-order valence-electron chi connectivity index (χ2n) is 7.23. The summed E-state index contributed by atoms with van der Waals surface area (Å²) in [5, 5.41) is 2.22. The number of carbonyl (C=O) groups is 3. The van der Waals surface area contributed by atoms with E-state index >= 15 is 0 Å². The van der Waals surface area contributed by atoms with Gasteiger partial charge in [-0.3, -0.25) is 14.9 Å². The highest BCUT2D eigenvalue weighted by Crippen LogP contribution is 2.25. The maximum atomic E-state index is 13.0. The van der Waals surface area contributed by atoms with Crippen molar-refractivity contribution in [2.75, 3.05) is 4.90 Å². The number of para-hydroxylation sites is 1. The maximum Gasteiger partial charge on any atom is 0.335 e. The van der Waals surface area contributed by atoms with Gasteiger partial charge in [-0.05, 0) is 60.0 Å². The molecule has 0 aliphatic carbocycles. The van der Waals surface area contributed by atoms with Crippen molar-refractivity contribution >= 4 is 29.6 Å². The Morgan fingerprint density at radius 1 is 0.938 bits per heavy atom. The van der Waals surface area contributed by atoms with Gasteiger partial charge in [0.05, 0.1) is 5.69 Å². The summed E-state index contributed by atoms with van der Waals surface area (Å²) in [6.07, 6.45) is 1.43. The van der Waals surface area contributed by atoms with Crippen LogP contribution in [0.3, 0.4) is 0 Å². The number of benzene rings is 3. The fraction of sp³-hybridized carbons (Fsp3) is 0.0800. The van der Waals surface area contributed by atoms with Crippen molar-refractivity contribution in [3.63, 3.8) is 0 Å². The van der Waals surface area contributed by atoms with Crippen molar-refractivity contribution in [3.05, 3.63) is 101 Å². The molecule has 3 aromatic carbocycles. The number of urea groups is 1. The number of halogens is 1. The lowest BCUT2D eigenvalue weighted by Crippen LogP contribution is -2.54. The highest BCUT2D eigenvalue weighted by atomic mass is 19.1. The van der Waals surface area contributed by atoms with Gasteiger partial charge >= 0.3 is 6.03 Å². The number of ether oxygens (including phenoxy) is 1. The van der Waals surface area contributed by atoms with E-state index in [9.17, 15) is 18.8 Å². The summed E-state index contributed by atoms with van der Waals surface area (Å²) in [5.41, 5.74) is 2.41. The molecule has 3 aromatic rings. The minimum Gasteiger partial charge on any atom is -0.489 e. The van der Waals surface area contributed by atoms with E-state index in [0.717, 1.165) is 16.0 Å². The Hall–Kier alpha value is -4.26. The summed E-state index contributed by atoms with van der Waals surface area (Å²) in [5.74, 6) is -1.17. The second-order valence-corrected chi connectivity index (χ2v) is 7.23. The van der Waals surface area contributed by atoms with E-state index in [-0.39, 0.29) is 18.0 Å². The third-order valence-corrected chi connectivity index (χ3v) is 4.97. The van der Waals surface area contributed by atoms with Crippen LogP contribution in [0.15, 0.2) is 78.4 Å². The quantitative estimate of drug-likeness (QED) is 0.482. The van der Waals surface area contributed by atoms with Crippen LogP contribution >= 0.6 is 0 Å². The Balaban J connectivity index is 1.52. The largest absolute Gasteiger partial charge is 0.489 e. The molecule has 1 aliphatic rings. The molecule has 160 valence electrons. The normalized spacial score (nSPS) is 15.1. The van der Waals surface area contributed by atoms with Crippen LogP contribution in [0.4, 0.5) is 14.9 Å². The van der Waals surface area contributed by atoms with Crippen LogP contribution in [0, 0.1) is 12.7 Å². The lowest BCUT2D eigenvalue weighted by atomic mass is 10.1. The summed E-state index contributed by atoms with van der Waals surface area (Å²) in [4.78, 5) is 38.6. The van der Waals surface area contributed by atoms with Crippen molar-refractivity contribution < 1.29 is 23.5 Å². The number of nitrogens with one attached hydrogen (secondary N) is 1. The highest BCUT2D eigenvalue weighted by molar-refractivity contribution is 6.39. The number of carbonyl (C=O) groups excluding carboxylic acids is 3. The fourth-order valence-electron chi connectivity index (χ4n) is 3.26. The molecule has 0 radical (unpaired) electrons. The van der Waals surface area contributed by atoms with Crippen LogP contribution in [0.5, 0.6) is 5.75 Å². The van der Waals surface area contributed by atoms with E-state index in [4.69, 9.17) is 4.74 Å². The molecule has 1 aliphatic heterocycles. The Morgan fingerprint density at radius 3 is 2.31 bits per heavy atom. The van der Waals surface area contributed by atoms with E-state index in [2.05, 4.69) is 5.32 Å². The molecule has 0 aromatic heterocycles. The topological polar surface area (TPSA) is 75.7 Å². The minimum atomic E-state index is -0.781. The zero-order valence-corrected chi connectivity index (χ0v) is 17.2. The Morgan fingerprint density at radius 2 is 1.62 bits per heavy atom. The van der Waals surface area contributed by atoms with Gasteiger partial charge in [0, 0.05) is 0 Å². The number of rotatable bonds is 5. The van der Waals surface area contributed by atoms with E-state index < -0.39 is 17.8 Å². The molecule has 32 heavy (non-hydrogen) atoms. The molecule has 4 rings (SSSR count). The summed E-state index contributed by atoms with van der Waals surface area (Å²) in [6.45, 7) is 2.05. The smallest absolute Gasteiger partial charge is 0.335 e. The van der Waals surface area contributed by atoms with E-state index in [1.807, 2.05) is 0 Å². The van der Waals surface area contributed by atoms with Crippen LogP contribution in [-0.2, 0) is 16.2 Å². The number of imide groups is 2. The number of aryl methyl sites for hydroxylation is 1. The molecule has 0 spiro atoms. The molecule has 0 atom stereocenters. The number of barbiturate groups is 1. The summed E-state index contributed by atoms with van der Waals surface area (Å²) in [7, 11) is 0. The van der Waals surface area contributed by atoms with Crippen molar-refractivity contribution in [3.8, 4) is 5.75 Å². The summed E-state index contributed by atoms with van der Waals surface area (Å²) >= 11 is 0. The van der Waals surface area contributed by atoms with E-state index in [0.29, 0.717) is 17.0 Å². The molecule has 4 amide bonds. The monoisotopic (exact) mass is 430 g/mol. The molecule has 7 heteroatoms. The van der Waals surface area contributed by atoms with Crippen LogP contribution in [0.25, 0.3) is 6.08 Å². The first kappa shape index (κ1) is 21.0. The molecule has 0 saturated carbocycles. The molecule has 1 N–H and O–H groups in total. The Bertz CT molecular complexity index is 1220. The molecule has 0 bridgehead atoms. The summed E-state index contributed by atoms with van der Waals surface area (Å²) in [6, 6.07) is 19.0. The molecule has 0 unspecified atom stereocenters. The van der Waals surface area contributed by atoms with Gasteiger partial charge in [-0.2, -0.15) is 0 Å². The van der Waals surface area contributed by atoms with Gasteiger partial charge in [-0.15, -0.1) is 0 Å². The van der Waals surface area contributed by atoms with Gasteiger partial charge in [0.15, 0.2) is 0 Å². The van der Waals surface area contributed by atoms with Crippen molar-refractivity contribution in [1.29, 1.82) is 0 Å². The molecule has 1 heterocycles. The number of amides is 4. The van der Waals surface area contributed by atoms with E-state index in [1.54, 1.807) is 67.6 Å². The highest BCUT2D eigenvalue weighted by Gasteiger charge is 2.37. The molecular weight excluding hydrogens is 411 g/mol. The van der Waals surface area contributed by atoms with Crippen LogP contribution in [0.1, 0.15) is 16.7 Å². The number of hydrogen-bond acceptors (Lipinski definition) is 4. The average molecular weight is 430 g/mol. The van der Waals surface area contributed by atoms with Crippen molar-refractivity contribution in [1.82, 2.24) is 5.32 Å². The second kappa shape index (κ2) is 8.85. The zero-order valence-electron chi connectivity index (χ0n) is 17.2. The average Bonchev–Trinajstić information content (AvgIpc) is 2.78. The molecular formula is C25H19FN2O4. The van der Waals surface area contributed by atoms with Gasteiger partial charge in [0.25, 0.3) is 11.8 Å². The minimum absolute atomic E-state index is 0.146. The number of anilines is 1. The Labute approximate surface area is 183 Å². The first-order chi connectivity index (χ1) is 15.4. The van der Waals surface area contributed by atoms with Gasteiger partial charge in [-0.1, -0.05) is 42.5 Å². The summed E-state index contributed by atoms with van der Waals surface area (Å²) < 4.78 is 18.7. The third-order valence-electron chi connectivity index (χ3n) is 4.97. The van der Waals surface area contributed by atoms with Gasteiger partial charge in [0.2, 0.25) is 0 Å². The predicted molar refractivity (Wildman–Crippen MR) is 117 cm³/mol. The SMILES string of the molecule is Cc1ccccc1N1C(=O)NC(=O)/C(=C\c2ccc(OCc3ccc(F)cc3)cc2)C1=O. The van der Waals surface area contributed by atoms with Crippen LogP contribution < -0.4 is 15.0 Å². The van der Waals surface area contributed by atoms with Crippen LogP contribution in [0.2, 0.25) is 0 Å². The lowest BCUT2D eigenvalue weighted by molar-refractivity contribution is -0.122. The van der Waals surface area contributed by atoms with Gasteiger partial charge in [0.1, 0.15) is 23.7 Å². The van der Waals surface area contributed by atoms with Crippen molar-refractivity contribution in [2.45, 2.75) is 13.5 Å². The maximum absolute atomic E-state index is 13.0. The standard InChI is InChI=1S/C25H19FN2O4/c1-16-4-2-3-5-22(16)28-24(30)21(23(29)27-25(28)31)14-17-8-12-20(13-9-17)32-15-18-6-10-19(26)11-7-18/h2-14H,15H2,1H3,(H,27,29,31)/b21-14+. The Kier molecular flexibility index (Phi) is 5.81. The lowest BCUT2D eigenvalue weighted by Gasteiger charge is -2.27. The van der Waals surface area contributed by atoms with Crippen LogP contribution in [-0.4, -0.2) is 17.8 Å².